The van der Waals surface area contributed by atoms with Crippen LogP contribution in [0.2, 0.25) is 10.0 Å². The molecule has 0 radical (unpaired) electrons. The van der Waals surface area contributed by atoms with E-state index in [1.165, 1.54) is 33.2 Å². The van der Waals surface area contributed by atoms with Gasteiger partial charge in [0, 0.05) is 35.5 Å². The standard InChI is InChI=1S/C16H18Cl2F3N3O2/c1-8(22)12(15(26)23-2)14(25)9-4-5-11(17)10(13(9)18)6-24(3)7-16(19,20)21/h4-5,22,25H,6-7H2,1-3H3,(H,23,26). The Bertz CT molecular complexity index is 749. The van der Waals surface area contributed by atoms with Crippen molar-refractivity contribution in [2.24, 2.45) is 0 Å². The predicted octanol–water partition coefficient (Wildman–Crippen LogP) is 4.04. The second-order valence-electron chi connectivity index (χ2n) is 5.60. The van der Waals surface area contributed by atoms with E-state index in [2.05, 4.69) is 5.32 Å². The van der Waals surface area contributed by atoms with Crippen LogP contribution in [0.5, 0.6) is 0 Å². The number of amides is 1. The molecule has 0 aliphatic carbocycles. The van der Waals surface area contributed by atoms with Gasteiger partial charge in [-0.2, -0.15) is 13.2 Å². The second-order valence-corrected chi connectivity index (χ2v) is 6.39. The van der Waals surface area contributed by atoms with E-state index in [0.29, 0.717) is 0 Å². The van der Waals surface area contributed by atoms with Crippen molar-refractivity contribution in [2.45, 2.75) is 19.6 Å². The van der Waals surface area contributed by atoms with Crippen LogP contribution in [0.15, 0.2) is 17.7 Å². The van der Waals surface area contributed by atoms with Crippen LogP contribution in [0, 0.1) is 5.41 Å². The Kier molecular flexibility index (Phi) is 7.49. The van der Waals surface area contributed by atoms with Crippen LogP contribution in [0.1, 0.15) is 18.1 Å². The first-order valence-corrected chi connectivity index (χ1v) is 8.08. The number of rotatable bonds is 6. The molecule has 0 saturated heterocycles. The number of alkyl halides is 3. The number of aliphatic hydroxyl groups is 1. The Morgan fingerprint density at radius 2 is 1.92 bits per heavy atom. The third kappa shape index (κ3) is 5.62. The van der Waals surface area contributed by atoms with Gasteiger partial charge in [-0.05, 0) is 26.1 Å². The van der Waals surface area contributed by atoms with Crippen LogP contribution >= 0.6 is 23.2 Å². The van der Waals surface area contributed by atoms with Crippen LogP contribution in [0.4, 0.5) is 13.2 Å². The molecule has 1 amide bonds. The molecule has 0 fully saturated rings. The van der Waals surface area contributed by atoms with Crippen LogP contribution in [0.3, 0.4) is 0 Å². The lowest BCUT2D eigenvalue weighted by Gasteiger charge is -2.21. The van der Waals surface area contributed by atoms with E-state index < -0.39 is 24.4 Å². The summed E-state index contributed by atoms with van der Waals surface area (Å²) in [4.78, 5) is 12.9. The monoisotopic (exact) mass is 411 g/mol. The largest absolute Gasteiger partial charge is 0.506 e. The summed E-state index contributed by atoms with van der Waals surface area (Å²) >= 11 is 12.3. The summed E-state index contributed by atoms with van der Waals surface area (Å²) in [6.07, 6.45) is -4.39. The average Bonchev–Trinajstić information content (AvgIpc) is 2.49. The molecular weight excluding hydrogens is 394 g/mol. The molecule has 0 heterocycles. The number of nitrogens with zero attached hydrogens (tertiary/aromatic N) is 1. The first-order chi connectivity index (χ1) is 11.9. The number of halogens is 5. The van der Waals surface area contributed by atoms with Crippen molar-refractivity contribution in [3.63, 3.8) is 0 Å². The molecule has 5 nitrogen and oxygen atoms in total. The SMILES string of the molecule is CNC(=O)C(C(C)=N)=C(O)c1ccc(Cl)c(CN(C)CC(F)(F)F)c1Cl. The van der Waals surface area contributed by atoms with E-state index in [1.807, 2.05) is 0 Å². The molecule has 3 N–H and O–H groups in total. The first kappa shape index (κ1) is 22.3. The predicted molar refractivity (Wildman–Crippen MR) is 95.9 cm³/mol. The maximum absolute atomic E-state index is 12.5. The van der Waals surface area contributed by atoms with E-state index in [0.717, 1.165) is 4.90 Å². The van der Waals surface area contributed by atoms with Gasteiger partial charge in [-0.3, -0.25) is 9.69 Å². The average molecular weight is 412 g/mol. The highest BCUT2D eigenvalue weighted by Crippen LogP contribution is 2.34. The Balaban J connectivity index is 3.40. The normalized spacial score (nSPS) is 12.8. The highest BCUT2D eigenvalue weighted by atomic mass is 35.5. The number of carbonyl (C=O) groups is 1. The summed E-state index contributed by atoms with van der Waals surface area (Å²) in [6, 6.07) is 2.69. The van der Waals surface area contributed by atoms with Gasteiger partial charge in [-0.25, -0.2) is 0 Å². The fraction of sp³-hybridized carbons (Fsp3) is 0.375. The maximum Gasteiger partial charge on any atom is 0.401 e. The minimum Gasteiger partial charge on any atom is -0.506 e. The highest BCUT2D eigenvalue weighted by molar-refractivity contribution is 6.37. The third-order valence-corrected chi connectivity index (χ3v) is 4.17. The van der Waals surface area contributed by atoms with E-state index >= 15 is 0 Å². The topological polar surface area (TPSA) is 76.4 Å². The fourth-order valence-electron chi connectivity index (χ4n) is 2.27. The van der Waals surface area contributed by atoms with Gasteiger partial charge >= 0.3 is 6.18 Å². The number of hydrogen-bond acceptors (Lipinski definition) is 4. The van der Waals surface area contributed by atoms with Crippen LogP contribution < -0.4 is 5.32 Å². The Labute approximate surface area is 158 Å². The molecule has 0 bridgehead atoms. The third-order valence-electron chi connectivity index (χ3n) is 3.38. The highest BCUT2D eigenvalue weighted by Gasteiger charge is 2.30. The molecule has 144 valence electrons. The summed E-state index contributed by atoms with van der Waals surface area (Å²) in [5.74, 6) is -1.25. The number of benzene rings is 1. The summed E-state index contributed by atoms with van der Waals surface area (Å²) in [7, 11) is 2.58. The minimum absolute atomic E-state index is 0.00308. The first-order valence-electron chi connectivity index (χ1n) is 7.32. The molecule has 0 aliphatic heterocycles. The molecular formula is C16H18Cl2F3N3O2. The van der Waals surface area contributed by atoms with Crippen molar-refractivity contribution < 1.29 is 23.1 Å². The zero-order chi connectivity index (χ0) is 20.2. The van der Waals surface area contributed by atoms with Gasteiger partial charge in [0.25, 0.3) is 5.91 Å². The van der Waals surface area contributed by atoms with Gasteiger partial charge < -0.3 is 15.8 Å². The van der Waals surface area contributed by atoms with Gasteiger partial charge in [0.1, 0.15) is 11.3 Å². The summed E-state index contributed by atoms with van der Waals surface area (Å²) < 4.78 is 37.6. The van der Waals surface area contributed by atoms with Gasteiger partial charge in [0.15, 0.2) is 0 Å². The van der Waals surface area contributed by atoms with E-state index in [-0.39, 0.29) is 39.0 Å². The van der Waals surface area contributed by atoms with Gasteiger partial charge in [-0.15, -0.1) is 0 Å². The number of likely N-dealkylation sites (N-methyl/N-ethyl adjacent to an activating group) is 1. The maximum atomic E-state index is 12.5. The van der Waals surface area contributed by atoms with Gasteiger partial charge in [0.05, 0.1) is 11.6 Å². The van der Waals surface area contributed by atoms with Crippen LogP contribution in [0.25, 0.3) is 5.76 Å². The van der Waals surface area contributed by atoms with Crippen molar-refractivity contribution in [3.8, 4) is 0 Å². The molecule has 0 aliphatic rings. The number of hydrogen-bond donors (Lipinski definition) is 3. The van der Waals surface area contributed by atoms with Crippen molar-refractivity contribution in [1.82, 2.24) is 10.2 Å². The molecule has 0 saturated carbocycles. The van der Waals surface area contributed by atoms with Gasteiger partial charge in [0.2, 0.25) is 0 Å². The quantitative estimate of drug-likeness (QED) is 0.375. The summed E-state index contributed by atoms with van der Waals surface area (Å²) in [6.45, 7) is -0.0887. The minimum atomic E-state index is -4.39. The zero-order valence-corrected chi connectivity index (χ0v) is 15.8. The second kappa shape index (κ2) is 8.75. The van der Waals surface area contributed by atoms with Crippen molar-refractivity contribution in [3.05, 3.63) is 38.9 Å². The lowest BCUT2D eigenvalue weighted by molar-refractivity contribution is -0.144. The Morgan fingerprint density at radius 1 is 1.35 bits per heavy atom. The Morgan fingerprint density at radius 3 is 2.38 bits per heavy atom. The smallest absolute Gasteiger partial charge is 0.401 e. The fourth-order valence-corrected chi connectivity index (χ4v) is 2.85. The molecule has 0 atom stereocenters. The lowest BCUT2D eigenvalue weighted by atomic mass is 10.0. The summed E-state index contributed by atoms with van der Waals surface area (Å²) in [5.41, 5.74) is -0.338. The van der Waals surface area contributed by atoms with Crippen LogP contribution in [-0.4, -0.2) is 48.4 Å². The number of nitrogens with one attached hydrogen (secondary N) is 2. The summed E-state index contributed by atoms with van der Waals surface area (Å²) in [5, 5.41) is 20.4. The molecule has 1 rings (SSSR count). The molecule has 10 heteroatoms. The van der Waals surface area contributed by atoms with Gasteiger partial charge in [-0.1, -0.05) is 23.2 Å². The molecule has 1 aromatic carbocycles. The lowest BCUT2D eigenvalue weighted by Crippen LogP contribution is -2.30. The van der Waals surface area contributed by atoms with Crippen molar-refractivity contribution in [1.29, 1.82) is 5.41 Å². The number of aliphatic hydroxyl groups excluding tert-OH is 1. The molecule has 1 aromatic rings. The van der Waals surface area contributed by atoms with Crippen molar-refractivity contribution in [2.75, 3.05) is 20.6 Å². The molecule has 0 unspecified atom stereocenters. The van der Waals surface area contributed by atoms with Crippen LogP contribution in [-0.2, 0) is 11.3 Å². The van der Waals surface area contributed by atoms with Crippen molar-refractivity contribution >= 4 is 40.6 Å². The molecule has 0 aromatic heterocycles. The van der Waals surface area contributed by atoms with E-state index in [4.69, 9.17) is 28.6 Å². The molecule has 0 spiro atoms. The zero-order valence-electron chi connectivity index (χ0n) is 14.3. The van der Waals surface area contributed by atoms with E-state index in [9.17, 15) is 23.1 Å². The van der Waals surface area contributed by atoms with E-state index in [1.54, 1.807) is 0 Å². The molecule has 26 heavy (non-hydrogen) atoms. The number of carbonyl (C=O) groups excluding carboxylic acids is 1. The Hall–Kier alpha value is -1.77.